The van der Waals surface area contributed by atoms with Gasteiger partial charge in [-0.3, -0.25) is 9.59 Å². The van der Waals surface area contributed by atoms with Crippen LogP contribution >= 0.6 is 0 Å². The molecule has 0 saturated carbocycles. The van der Waals surface area contributed by atoms with Crippen LogP contribution in [0.15, 0.2) is 66.4 Å². The molecule has 0 spiro atoms. The molecule has 2 amide bonds. The zero-order chi connectivity index (χ0) is 23.3. The number of amides is 2. The van der Waals surface area contributed by atoms with Crippen molar-refractivity contribution in [1.82, 2.24) is 0 Å². The summed E-state index contributed by atoms with van der Waals surface area (Å²) in [6, 6.07) is 20.2. The molecule has 0 atom stereocenters. The summed E-state index contributed by atoms with van der Waals surface area (Å²) in [6.07, 6.45) is 1.91. The third-order valence-corrected chi connectivity index (χ3v) is 6.70. The van der Waals surface area contributed by atoms with Crippen LogP contribution in [0.2, 0.25) is 0 Å². The first-order valence-electron chi connectivity index (χ1n) is 11.5. The van der Waals surface area contributed by atoms with Crippen LogP contribution in [0.1, 0.15) is 39.8 Å². The van der Waals surface area contributed by atoms with Gasteiger partial charge in [0.25, 0.3) is 11.8 Å². The maximum absolute atomic E-state index is 14.1. The van der Waals surface area contributed by atoms with E-state index in [1.165, 1.54) is 10.5 Å². The van der Waals surface area contributed by atoms with Crippen LogP contribution in [0.25, 0.3) is 5.57 Å². The van der Waals surface area contributed by atoms with Gasteiger partial charge in [0.1, 0.15) is 5.70 Å². The second-order valence-corrected chi connectivity index (χ2v) is 9.16. The molecule has 0 fully saturated rings. The van der Waals surface area contributed by atoms with Crippen molar-refractivity contribution in [3.63, 3.8) is 0 Å². The van der Waals surface area contributed by atoms with Gasteiger partial charge in [0.15, 0.2) is 0 Å². The average molecular weight is 437 g/mol. The highest BCUT2D eigenvalue weighted by Gasteiger charge is 2.44. The highest BCUT2D eigenvalue weighted by molar-refractivity contribution is 6.46. The van der Waals surface area contributed by atoms with Gasteiger partial charge in [-0.25, -0.2) is 4.90 Å². The van der Waals surface area contributed by atoms with E-state index in [-0.39, 0.29) is 11.8 Å². The minimum absolute atomic E-state index is 0.250. The van der Waals surface area contributed by atoms with Crippen LogP contribution < -0.4 is 9.80 Å². The van der Waals surface area contributed by atoms with Gasteiger partial charge in [-0.2, -0.15) is 0 Å². The molecule has 0 aliphatic carbocycles. The summed E-state index contributed by atoms with van der Waals surface area (Å²) >= 11 is 0. The van der Waals surface area contributed by atoms with Gasteiger partial charge in [0.2, 0.25) is 0 Å². The molecule has 0 aromatic heterocycles. The second-order valence-electron chi connectivity index (χ2n) is 9.16. The minimum atomic E-state index is -0.251. The molecule has 0 N–H and O–H groups in total. The average Bonchev–Trinajstić information content (AvgIpc) is 3.05. The predicted molar refractivity (Wildman–Crippen MR) is 133 cm³/mol. The first-order chi connectivity index (χ1) is 15.9. The minimum Gasteiger partial charge on any atom is -0.336 e. The highest BCUT2D eigenvalue weighted by atomic mass is 16.2. The SMILES string of the molecule is Cc1ccc(C2=C(N3CCCc4ccccc43)C(=O)N(c3cc(C)ccc3C)C2=O)c(C)c1. The topological polar surface area (TPSA) is 40.6 Å². The Labute approximate surface area is 195 Å². The predicted octanol–water partition coefficient (Wildman–Crippen LogP) is 5.66. The van der Waals surface area contributed by atoms with Gasteiger partial charge >= 0.3 is 0 Å². The standard InChI is InChI=1S/C29H28N2O2/c1-18-12-14-23(21(4)16-18)26-27(30-15-7-9-22-8-5-6-10-24(22)30)29(33)31(28(26)32)25-17-19(2)11-13-20(25)3/h5-6,8,10-14,16-17H,7,9,15H2,1-4H3. The molecule has 3 aromatic rings. The smallest absolute Gasteiger partial charge is 0.282 e. The molecule has 33 heavy (non-hydrogen) atoms. The lowest BCUT2D eigenvalue weighted by molar-refractivity contribution is -0.120. The third-order valence-electron chi connectivity index (χ3n) is 6.70. The van der Waals surface area contributed by atoms with Gasteiger partial charge < -0.3 is 4.90 Å². The lowest BCUT2D eigenvalue weighted by Gasteiger charge is -2.32. The fourth-order valence-electron chi connectivity index (χ4n) is 5.05. The molecule has 2 heterocycles. The molecule has 0 radical (unpaired) electrons. The Hall–Kier alpha value is -3.66. The third kappa shape index (κ3) is 3.46. The number of aryl methyl sites for hydroxylation is 5. The number of anilines is 2. The van der Waals surface area contributed by atoms with Crippen molar-refractivity contribution in [2.75, 3.05) is 16.3 Å². The zero-order valence-corrected chi connectivity index (χ0v) is 19.6. The van der Waals surface area contributed by atoms with Gasteiger partial charge in [-0.1, -0.05) is 54.1 Å². The summed E-state index contributed by atoms with van der Waals surface area (Å²) in [4.78, 5) is 31.5. The van der Waals surface area contributed by atoms with Crippen LogP contribution in [0.3, 0.4) is 0 Å². The van der Waals surface area contributed by atoms with Gasteiger partial charge in [0, 0.05) is 12.2 Å². The maximum atomic E-state index is 14.1. The summed E-state index contributed by atoms with van der Waals surface area (Å²) in [5.74, 6) is -0.501. The molecule has 3 aromatic carbocycles. The van der Waals surface area contributed by atoms with Gasteiger partial charge in [0.05, 0.1) is 11.3 Å². The highest BCUT2D eigenvalue weighted by Crippen LogP contribution is 2.41. The molecule has 0 saturated heterocycles. The van der Waals surface area contributed by atoms with Crippen molar-refractivity contribution in [3.8, 4) is 0 Å². The van der Waals surface area contributed by atoms with Gasteiger partial charge in [-0.15, -0.1) is 0 Å². The molecule has 2 aliphatic heterocycles. The molecule has 4 heteroatoms. The number of carbonyl (C=O) groups is 2. The Kier molecular flexibility index (Phi) is 5.16. The molecule has 4 nitrogen and oxygen atoms in total. The molecule has 0 bridgehead atoms. The van der Waals surface area contributed by atoms with Crippen LogP contribution in [0, 0.1) is 27.7 Å². The summed E-state index contributed by atoms with van der Waals surface area (Å²) in [6.45, 7) is 8.68. The van der Waals surface area contributed by atoms with Crippen LogP contribution in [-0.2, 0) is 16.0 Å². The van der Waals surface area contributed by atoms with E-state index in [0.29, 0.717) is 23.5 Å². The number of para-hydroxylation sites is 1. The van der Waals surface area contributed by atoms with Crippen molar-refractivity contribution in [2.24, 2.45) is 0 Å². The fraction of sp³-hybridized carbons (Fsp3) is 0.241. The molecular formula is C29H28N2O2. The quantitative estimate of drug-likeness (QED) is 0.498. The summed E-state index contributed by atoms with van der Waals surface area (Å²) in [7, 11) is 0. The number of hydrogen-bond acceptors (Lipinski definition) is 3. The van der Waals surface area contributed by atoms with E-state index in [1.54, 1.807) is 0 Å². The lowest BCUT2D eigenvalue weighted by Crippen LogP contribution is -2.37. The van der Waals surface area contributed by atoms with Crippen molar-refractivity contribution < 1.29 is 9.59 Å². The normalized spacial score (nSPS) is 16.0. The number of hydrogen-bond donors (Lipinski definition) is 0. The lowest BCUT2D eigenvalue weighted by atomic mass is 9.95. The van der Waals surface area contributed by atoms with Crippen molar-refractivity contribution in [3.05, 3.63) is 99.7 Å². The second kappa shape index (κ2) is 8.04. The molecule has 2 aliphatic rings. The van der Waals surface area contributed by atoms with E-state index < -0.39 is 0 Å². The summed E-state index contributed by atoms with van der Waals surface area (Å²) in [5.41, 5.74) is 8.74. The van der Waals surface area contributed by atoms with Gasteiger partial charge in [-0.05, 0) is 80.5 Å². The summed E-state index contributed by atoms with van der Waals surface area (Å²) in [5, 5.41) is 0. The number of carbonyl (C=O) groups excluding carboxylic acids is 2. The number of benzene rings is 3. The first-order valence-corrected chi connectivity index (χ1v) is 11.5. The number of imide groups is 1. The van der Waals surface area contributed by atoms with Crippen LogP contribution in [0.5, 0.6) is 0 Å². The molecule has 166 valence electrons. The zero-order valence-electron chi connectivity index (χ0n) is 19.6. The Morgan fingerprint density at radius 2 is 1.45 bits per heavy atom. The van der Waals surface area contributed by atoms with E-state index in [4.69, 9.17) is 0 Å². The molecule has 5 rings (SSSR count). The van der Waals surface area contributed by atoms with E-state index in [2.05, 4.69) is 23.1 Å². The Morgan fingerprint density at radius 3 is 2.24 bits per heavy atom. The monoisotopic (exact) mass is 436 g/mol. The van der Waals surface area contributed by atoms with Crippen LogP contribution in [-0.4, -0.2) is 18.4 Å². The van der Waals surface area contributed by atoms with E-state index in [1.807, 2.05) is 70.2 Å². The van der Waals surface area contributed by atoms with E-state index in [9.17, 15) is 9.59 Å². The Bertz CT molecular complexity index is 1340. The largest absolute Gasteiger partial charge is 0.336 e. The van der Waals surface area contributed by atoms with Crippen LogP contribution in [0.4, 0.5) is 11.4 Å². The van der Waals surface area contributed by atoms with Crippen molar-refractivity contribution in [2.45, 2.75) is 40.5 Å². The molecular weight excluding hydrogens is 408 g/mol. The fourth-order valence-corrected chi connectivity index (χ4v) is 5.05. The Balaban J connectivity index is 1.75. The number of nitrogens with zero attached hydrogens (tertiary/aromatic N) is 2. The van der Waals surface area contributed by atoms with E-state index >= 15 is 0 Å². The van der Waals surface area contributed by atoms with Crippen molar-refractivity contribution >= 4 is 28.8 Å². The summed E-state index contributed by atoms with van der Waals surface area (Å²) < 4.78 is 0. The maximum Gasteiger partial charge on any atom is 0.282 e. The number of rotatable bonds is 3. The Morgan fingerprint density at radius 1 is 0.727 bits per heavy atom. The number of fused-ring (bicyclic) bond motifs is 1. The van der Waals surface area contributed by atoms with E-state index in [0.717, 1.165) is 46.3 Å². The molecule has 0 unspecified atom stereocenters. The van der Waals surface area contributed by atoms with Crippen molar-refractivity contribution in [1.29, 1.82) is 0 Å². The first kappa shape index (κ1) is 21.2.